The number of hydrogen-bond donors (Lipinski definition) is 0. The lowest BCUT2D eigenvalue weighted by Gasteiger charge is -2.15. The maximum Gasteiger partial charge on any atom is 0.146 e. The largest absolute Gasteiger partial charge is 0.320 e. The Balaban J connectivity index is 1.98. The summed E-state index contributed by atoms with van der Waals surface area (Å²) >= 11 is 0. The molecule has 5 heteroatoms. The van der Waals surface area contributed by atoms with Crippen molar-refractivity contribution in [2.24, 2.45) is 7.05 Å². The molecule has 2 aromatic heterocycles. The fraction of sp³-hybridized carbons (Fsp3) is 0.417. The lowest BCUT2D eigenvalue weighted by Crippen LogP contribution is -2.19. The summed E-state index contributed by atoms with van der Waals surface area (Å²) in [6, 6.07) is 4.15. The molecule has 17 heavy (non-hydrogen) atoms. The highest BCUT2D eigenvalue weighted by atomic mass is 15.3. The molecule has 90 valence electrons. The Kier molecular flexibility index (Phi) is 3.49. The smallest absolute Gasteiger partial charge is 0.146 e. The Morgan fingerprint density at radius 3 is 2.82 bits per heavy atom. The number of aryl methyl sites for hydroxylation is 2. The van der Waals surface area contributed by atoms with Gasteiger partial charge in [0.25, 0.3) is 0 Å². The van der Waals surface area contributed by atoms with E-state index in [1.165, 1.54) is 5.56 Å². The molecule has 0 aliphatic heterocycles. The lowest BCUT2D eigenvalue weighted by molar-refractivity contribution is 0.306. The van der Waals surface area contributed by atoms with Crippen molar-refractivity contribution in [2.45, 2.75) is 20.0 Å². The molecule has 0 aromatic carbocycles. The third-order valence-electron chi connectivity index (χ3n) is 2.63. The van der Waals surface area contributed by atoms with Crippen LogP contribution in [0.1, 0.15) is 17.1 Å². The van der Waals surface area contributed by atoms with Crippen molar-refractivity contribution < 1.29 is 0 Å². The minimum Gasteiger partial charge on any atom is -0.320 e. The molecule has 0 atom stereocenters. The SMILES string of the molecule is Cc1cc(CN(C)Cc2nncn2C)ccn1. The first kappa shape index (κ1) is 11.7. The minimum atomic E-state index is 0.790. The quantitative estimate of drug-likeness (QED) is 0.792. The first-order chi connectivity index (χ1) is 8.15. The van der Waals surface area contributed by atoms with Crippen molar-refractivity contribution in [3.8, 4) is 0 Å². The van der Waals surface area contributed by atoms with Crippen LogP contribution in [0.15, 0.2) is 24.7 Å². The number of hydrogen-bond acceptors (Lipinski definition) is 4. The molecule has 0 aliphatic carbocycles. The molecule has 2 heterocycles. The second-order valence-corrected chi connectivity index (χ2v) is 4.34. The van der Waals surface area contributed by atoms with Crippen molar-refractivity contribution in [1.82, 2.24) is 24.6 Å². The van der Waals surface area contributed by atoms with Gasteiger partial charge in [-0.1, -0.05) is 0 Å². The molecule has 5 nitrogen and oxygen atoms in total. The fourth-order valence-corrected chi connectivity index (χ4v) is 1.76. The van der Waals surface area contributed by atoms with Crippen LogP contribution < -0.4 is 0 Å². The molecule has 0 unspecified atom stereocenters. The van der Waals surface area contributed by atoms with Gasteiger partial charge >= 0.3 is 0 Å². The summed E-state index contributed by atoms with van der Waals surface area (Å²) in [7, 11) is 4.03. The van der Waals surface area contributed by atoms with Gasteiger partial charge in [-0.25, -0.2) is 0 Å². The fourth-order valence-electron chi connectivity index (χ4n) is 1.76. The molecule has 0 amide bonds. The average Bonchev–Trinajstić information content (AvgIpc) is 2.64. The van der Waals surface area contributed by atoms with Gasteiger partial charge in [-0.2, -0.15) is 0 Å². The van der Waals surface area contributed by atoms with Gasteiger partial charge in [0, 0.05) is 25.5 Å². The Bertz CT molecular complexity index is 491. The van der Waals surface area contributed by atoms with Gasteiger partial charge in [0.2, 0.25) is 0 Å². The van der Waals surface area contributed by atoms with E-state index in [4.69, 9.17) is 0 Å². The molecule has 0 saturated carbocycles. The van der Waals surface area contributed by atoms with Crippen LogP contribution in [0.5, 0.6) is 0 Å². The Labute approximate surface area is 101 Å². The maximum absolute atomic E-state index is 4.19. The Morgan fingerprint density at radius 2 is 2.18 bits per heavy atom. The first-order valence-electron chi connectivity index (χ1n) is 5.58. The van der Waals surface area contributed by atoms with Crippen molar-refractivity contribution in [3.63, 3.8) is 0 Å². The summed E-state index contributed by atoms with van der Waals surface area (Å²) in [5.74, 6) is 0.971. The van der Waals surface area contributed by atoms with Crippen molar-refractivity contribution in [1.29, 1.82) is 0 Å². The van der Waals surface area contributed by atoms with E-state index in [0.717, 1.165) is 24.6 Å². The number of aromatic nitrogens is 4. The topological polar surface area (TPSA) is 46.8 Å². The van der Waals surface area contributed by atoms with E-state index in [1.807, 2.05) is 30.8 Å². The zero-order chi connectivity index (χ0) is 12.3. The van der Waals surface area contributed by atoms with Gasteiger partial charge in [-0.05, 0) is 31.7 Å². The molecule has 0 fully saturated rings. The minimum absolute atomic E-state index is 0.790. The summed E-state index contributed by atoms with van der Waals surface area (Å²) in [6.07, 6.45) is 3.57. The summed E-state index contributed by atoms with van der Waals surface area (Å²) in [4.78, 5) is 6.40. The average molecular weight is 231 g/mol. The predicted octanol–water partition coefficient (Wildman–Crippen LogP) is 1.15. The van der Waals surface area contributed by atoms with E-state index in [0.29, 0.717) is 0 Å². The van der Waals surface area contributed by atoms with Crippen molar-refractivity contribution in [2.75, 3.05) is 7.05 Å². The molecule has 0 N–H and O–H groups in total. The van der Waals surface area contributed by atoms with Gasteiger partial charge in [-0.3, -0.25) is 9.88 Å². The number of nitrogens with zero attached hydrogens (tertiary/aromatic N) is 5. The van der Waals surface area contributed by atoms with E-state index in [9.17, 15) is 0 Å². The van der Waals surface area contributed by atoms with Crippen molar-refractivity contribution in [3.05, 3.63) is 41.7 Å². The second-order valence-electron chi connectivity index (χ2n) is 4.34. The van der Waals surface area contributed by atoms with E-state index in [-0.39, 0.29) is 0 Å². The van der Waals surface area contributed by atoms with Crippen LogP contribution >= 0.6 is 0 Å². The monoisotopic (exact) mass is 231 g/mol. The maximum atomic E-state index is 4.19. The summed E-state index contributed by atoms with van der Waals surface area (Å²) in [5, 5.41) is 7.95. The van der Waals surface area contributed by atoms with E-state index < -0.39 is 0 Å². The molecule has 0 aliphatic rings. The van der Waals surface area contributed by atoms with E-state index in [1.54, 1.807) is 6.33 Å². The van der Waals surface area contributed by atoms with Crippen LogP contribution in [0.2, 0.25) is 0 Å². The molecular formula is C12H17N5. The molecular weight excluding hydrogens is 214 g/mol. The molecule has 2 rings (SSSR count). The van der Waals surface area contributed by atoms with Gasteiger partial charge in [0.05, 0.1) is 6.54 Å². The second kappa shape index (κ2) is 5.05. The zero-order valence-electron chi connectivity index (χ0n) is 10.5. The van der Waals surface area contributed by atoms with Crippen LogP contribution in [0, 0.1) is 6.92 Å². The van der Waals surface area contributed by atoms with Crippen LogP contribution in [0.4, 0.5) is 0 Å². The number of rotatable bonds is 4. The van der Waals surface area contributed by atoms with Gasteiger partial charge in [0.1, 0.15) is 12.2 Å². The van der Waals surface area contributed by atoms with E-state index in [2.05, 4.69) is 33.2 Å². The normalized spacial score (nSPS) is 11.1. The molecule has 0 bridgehead atoms. The standard InChI is InChI=1S/C12H17N5/c1-10-6-11(4-5-13-10)7-16(2)8-12-15-14-9-17(12)3/h4-6,9H,7-8H2,1-3H3. The van der Waals surface area contributed by atoms with Crippen LogP contribution in [-0.2, 0) is 20.1 Å². The van der Waals surface area contributed by atoms with Gasteiger partial charge in [-0.15, -0.1) is 10.2 Å². The number of pyridine rings is 1. The summed E-state index contributed by atoms with van der Waals surface area (Å²) < 4.78 is 1.94. The Hall–Kier alpha value is -1.75. The van der Waals surface area contributed by atoms with E-state index >= 15 is 0 Å². The third-order valence-corrected chi connectivity index (χ3v) is 2.63. The van der Waals surface area contributed by atoms with Crippen LogP contribution in [0.3, 0.4) is 0 Å². The van der Waals surface area contributed by atoms with Gasteiger partial charge < -0.3 is 4.57 Å². The lowest BCUT2D eigenvalue weighted by atomic mass is 10.2. The molecule has 0 spiro atoms. The highest BCUT2D eigenvalue weighted by molar-refractivity contribution is 5.15. The highest BCUT2D eigenvalue weighted by Gasteiger charge is 2.06. The summed E-state index contributed by atoms with van der Waals surface area (Å²) in [6.45, 7) is 3.68. The molecule has 0 radical (unpaired) electrons. The molecule has 2 aromatic rings. The predicted molar refractivity (Wildman–Crippen MR) is 65.1 cm³/mol. The van der Waals surface area contributed by atoms with Gasteiger partial charge in [0.15, 0.2) is 0 Å². The highest BCUT2D eigenvalue weighted by Crippen LogP contribution is 2.06. The van der Waals surface area contributed by atoms with Crippen LogP contribution in [0.25, 0.3) is 0 Å². The first-order valence-corrected chi connectivity index (χ1v) is 5.58. The third kappa shape index (κ3) is 3.10. The Morgan fingerprint density at radius 1 is 1.35 bits per heavy atom. The van der Waals surface area contributed by atoms with Crippen LogP contribution in [-0.4, -0.2) is 31.7 Å². The van der Waals surface area contributed by atoms with Crippen molar-refractivity contribution >= 4 is 0 Å². The molecule has 0 saturated heterocycles. The zero-order valence-corrected chi connectivity index (χ0v) is 10.5. The summed E-state index contributed by atoms with van der Waals surface area (Å²) in [5.41, 5.74) is 2.32.